The third-order valence-electron chi connectivity index (χ3n) is 2.47. The molecule has 2 N–H and O–H groups in total. The van der Waals surface area contributed by atoms with Gasteiger partial charge in [0.05, 0.1) is 6.10 Å². The van der Waals surface area contributed by atoms with E-state index >= 15 is 0 Å². The van der Waals surface area contributed by atoms with E-state index in [1.807, 2.05) is 24.4 Å². The normalized spacial score (nSPS) is 13.1. The molecule has 0 aliphatic carbocycles. The van der Waals surface area contributed by atoms with E-state index in [-0.39, 0.29) is 0 Å². The van der Waals surface area contributed by atoms with Gasteiger partial charge in [0, 0.05) is 18.8 Å². The number of aromatic nitrogens is 2. The van der Waals surface area contributed by atoms with Crippen LogP contribution in [-0.4, -0.2) is 21.2 Å². The minimum absolute atomic E-state index is 0.405. The molecule has 0 radical (unpaired) electrons. The largest absolute Gasteiger partial charge is 0.389 e. The van der Waals surface area contributed by atoms with Gasteiger partial charge in [-0.2, -0.15) is 0 Å². The minimum Gasteiger partial charge on any atom is -0.389 e. The summed E-state index contributed by atoms with van der Waals surface area (Å²) >= 11 is 0. The predicted molar refractivity (Wildman–Crippen MR) is 68.6 cm³/mol. The summed E-state index contributed by atoms with van der Waals surface area (Å²) in [5.74, 6) is 0.970. The summed E-state index contributed by atoms with van der Waals surface area (Å²) in [7, 11) is 0. The Morgan fingerprint density at radius 2 is 2.12 bits per heavy atom. The standard InChI is InChI=1S/C14H16N2O/c1-11(17)2-3-12-4-6-13(7-5-12)10-14-15-8-9-16-14/h2-9,11,17H,10H2,1H3,(H,15,16). The van der Waals surface area contributed by atoms with Crippen LogP contribution in [0.4, 0.5) is 0 Å². The Kier molecular flexibility index (Phi) is 3.73. The van der Waals surface area contributed by atoms with Gasteiger partial charge in [0.25, 0.3) is 0 Å². The summed E-state index contributed by atoms with van der Waals surface area (Å²) in [5.41, 5.74) is 2.31. The van der Waals surface area contributed by atoms with Crippen LogP contribution in [0.25, 0.3) is 6.08 Å². The molecule has 1 atom stereocenters. The molecule has 17 heavy (non-hydrogen) atoms. The molecular weight excluding hydrogens is 212 g/mol. The first-order valence-electron chi connectivity index (χ1n) is 5.67. The molecular formula is C14H16N2O. The molecule has 1 aromatic carbocycles. The van der Waals surface area contributed by atoms with E-state index in [0.717, 1.165) is 17.8 Å². The van der Waals surface area contributed by atoms with E-state index < -0.39 is 6.10 Å². The average Bonchev–Trinajstić information content (AvgIpc) is 2.81. The molecule has 3 heteroatoms. The van der Waals surface area contributed by atoms with Gasteiger partial charge >= 0.3 is 0 Å². The summed E-state index contributed by atoms with van der Waals surface area (Å²) in [6.07, 6.45) is 7.68. The molecule has 0 saturated carbocycles. The number of nitrogens with one attached hydrogen (secondary N) is 1. The molecule has 0 amide bonds. The lowest BCUT2D eigenvalue weighted by molar-refractivity contribution is 0.245. The Morgan fingerprint density at radius 1 is 1.35 bits per heavy atom. The number of H-pyrrole nitrogens is 1. The summed E-state index contributed by atoms with van der Waals surface area (Å²) < 4.78 is 0. The van der Waals surface area contributed by atoms with E-state index in [1.165, 1.54) is 5.56 Å². The Hall–Kier alpha value is -1.87. The van der Waals surface area contributed by atoms with Gasteiger partial charge in [-0.1, -0.05) is 36.4 Å². The highest BCUT2D eigenvalue weighted by Crippen LogP contribution is 2.09. The summed E-state index contributed by atoms with van der Waals surface area (Å²) in [4.78, 5) is 7.27. The first-order chi connectivity index (χ1) is 8.24. The van der Waals surface area contributed by atoms with Crippen molar-refractivity contribution in [1.82, 2.24) is 9.97 Å². The lowest BCUT2D eigenvalue weighted by Gasteiger charge is -2.00. The van der Waals surface area contributed by atoms with Crippen molar-refractivity contribution < 1.29 is 5.11 Å². The average molecular weight is 228 g/mol. The summed E-state index contributed by atoms with van der Waals surface area (Å²) in [6.45, 7) is 1.74. The van der Waals surface area contributed by atoms with Crippen molar-refractivity contribution in [3.63, 3.8) is 0 Å². The maximum absolute atomic E-state index is 9.14. The van der Waals surface area contributed by atoms with Crippen LogP contribution in [-0.2, 0) is 6.42 Å². The second kappa shape index (κ2) is 5.46. The smallest absolute Gasteiger partial charge is 0.110 e. The van der Waals surface area contributed by atoms with Gasteiger partial charge in [-0.15, -0.1) is 0 Å². The van der Waals surface area contributed by atoms with E-state index in [0.29, 0.717) is 0 Å². The number of hydrogen-bond acceptors (Lipinski definition) is 2. The third-order valence-corrected chi connectivity index (χ3v) is 2.47. The van der Waals surface area contributed by atoms with Crippen molar-refractivity contribution in [3.05, 3.63) is 59.7 Å². The number of rotatable bonds is 4. The molecule has 0 saturated heterocycles. The molecule has 0 aliphatic rings. The number of hydrogen-bond donors (Lipinski definition) is 2. The molecule has 88 valence electrons. The lowest BCUT2D eigenvalue weighted by Crippen LogP contribution is -1.92. The van der Waals surface area contributed by atoms with Crippen molar-refractivity contribution in [2.75, 3.05) is 0 Å². The molecule has 0 aliphatic heterocycles. The molecule has 1 aromatic heterocycles. The van der Waals surface area contributed by atoms with Crippen LogP contribution in [0.2, 0.25) is 0 Å². The minimum atomic E-state index is -0.405. The molecule has 1 heterocycles. The molecule has 1 unspecified atom stereocenters. The molecule has 3 nitrogen and oxygen atoms in total. The summed E-state index contributed by atoms with van der Waals surface area (Å²) in [6, 6.07) is 8.22. The van der Waals surface area contributed by atoms with Crippen LogP contribution >= 0.6 is 0 Å². The SMILES string of the molecule is CC(O)C=Cc1ccc(Cc2ncc[nH]2)cc1. The Labute approximate surface area is 101 Å². The quantitative estimate of drug-likeness (QED) is 0.844. The number of aliphatic hydroxyl groups is 1. The Balaban J connectivity index is 2.03. The fraction of sp³-hybridized carbons (Fsp3) is 0.214. The highest BCUT2D eigenvalue weighted by atomic mass is 16.3. The first-order valence-corrected chi connectivity index (χ1v) is 5.67. The van der Waals surface area contributed by atoms with Crippen molar-refractivity contribution in [2.45, 2.75) is 19.4 Å². The fourth-order valence-electron chi connectivity index (χ4n) is 1.58. The zero-order valence-electron chi connectivity index (χ0n) is 9.80. The summed E-state index contributed by atoms with van der Waals surface area (Å²) in [5, 5.41) is 9.14. The maximum Gasteiger partial charge on any atom is 0.110 e. The number of aliphatic hydroxyl groups excluding tert-OH is 1. The molecule has 0 spiro atoms. The number of nitrogens with zero attached hydrogens (tertiary/aromatic N) is 1. The van der Waals surface area contributed by atoms with Crippen LogP contribution in [0.5, 0.6) is 0 Å². The fourth-order valence-corrected chi connectivity index (χ4v) is 1.58. The van der Waals surface area contributed by atoms with Crippen molar-refractivity contribution in [1.29, 1.82) is 0 Å². The van der Waals surface area contributed by atoms with Gasteiger partial charge in [0.15, 0.2) is 0 Å². The monoisotopic (exact) mass is 228 g/mol. The Morgan fingerprint density at radius 3 is 2.71 bits per heavy atom. The van der Waals surface area contributed by atoms with Gasteiger partial charge in [-0.3, -0.25) is 0 Å². The number of imidazole rings is 1. The number of aromatic amines is 1. The zero-order valence-corrected chi connectivity index (χ0v) is 9.80. The second-order valence-corrected chi connectivity index (χ2v) is 4.05. The van der Waals surface area contributed by atoms with Crippen LogP contribution < -0.4 is 0 Å². The van der Waals surface area contributed by atoms with Crippen molar-refractivity contribution >= 4 is 6.08 Å². The maximum atomic E-state index is 9.14. The van der Waals surface area contributed by atoms with Crippen molar-refractivity contribution in [3.8, 4) is 0 Å². The van der Waals surface area contributed by atoms with Gasteiger partial charge in [0.2, 0.25) is 0 Å². The third kappa shape index (κ3) is 3.57. The molecule has 2 rings (SSSR count). The van der Waals surface area contributed by atoms with Crippen LogP contribution in [0.3, 0.4) is 0 Å². The van der Waals surface area contributed by atoms with Crippen LogP contribution in [0.1, 0.15) is 23.9 Å². The first kappa shape index (κ1) is 11.6. The molecule has 2 aromatic rings. The van der Waals surface area contributed by atoms with E-state index in [2.05, 4.69) is 22.1 Å². The van der Waals surface area contributed by atoms with Gasteiger partial charge in [-0.05, 0) is 18.1 Å². The second-order valence-electron chi connectivity index (χ2n) is 4.05. The lowest BCUT2D eigenvalue weighted by atomic mass is 10.1. The van der Waals surface area contributed by atoms with Crippen LogP contribution in [0, 0.1) is 0 Å². The van der Waals surface area contributed by atoms with E-state index in [1.54, 1.807) is 19.2 Å². The highest BCUT2D eigenvalue weighted by Gasteiger charge is 1.97. The van der Waals surface area contributed by atoms with Gasteiger partial charge in [-0.25, -0.2) is 4.98 Å². The topological polar surface area (TPSA) is 48.9 Å². The predicted octanol–water partition coefficient (Wildman–Crippen LogP) is 2.39. The van der Waals surface area contributed by atoms with E-state index in [4.69, 9.17) is 5.11 Å². The van der Waals surface area contributed by atoms with E-state index in [9.17, 15) is 0 Å². The zero-order chi connectivity index (χ0) is 12.1. The van der Waals surface area contributed by atoms with Crippen molar-refractivity contribution in [2.24, 2.45) is 0 Å². The molecule has 0 bridgehead atoms. The van der Waals surface area contributed by atoms with Gasteiger partial charge in [0.1, 0.15) is 5.82 Å². The Bertz CT molecular complexity index is 469. The van der Waals surface area contributed by atoms with Gasteiger partial charge < -0.3 is 10.1 Å². The highest BCUT2D eigenvalue weighted by molar-refractivity contribution is 5.50. The molecule has 0 fully saturated rings. The number of benzene rings is 1. The van der Waals surface area contributed by atoms with Crippen LogP contribution in [0.15, 0.2) is 42.7 Å².